The molecule has 0 bridgehead atoms. The van der Waals surface area contributed by atoms with Crippen molar-refractivity contribution in [3.8, 4) is 11.1 Å². The van der Waals surface area contributed by atoms with Crippen LogP contribution in [0.25, 0.3) is 11.1 Å². The molecule has 15 heteroatoms. The first-order valence-corrected chi connectivity index (χ1v) is 19.8. The highest BCUT2D eigenvalue weighted by Crippen LogP contribution is 2.40. The molecule has 2 aromatic heterocycles. The maximum atomic E-state index is 13.7. The Hall–Kier alpha value is -4.27. The summed E-state index contributed by atoms with van der Waals surface area (Å²) in [6, 6.07) is 10.6. The number of carboxylic acid groups (broad SMARTS) is 1. The Kier molecular flexibility index (Phi) is 11.7. The Morgan fingerprint density at radius 1 is 0.800 bits per heavy atom. The van der Waals surface area contributed by atoms with E-state index in [1.165, 1.54) is 0 Å². The zero-order valence-corrected chi connectivity index (χ0v) is 33.0. The molecule has 1 aliphatic carbocycles. The van der Waals surface area contributed by atoms with Crippen LogP contribution in [0.5, 0.6) is 0 Å². The number of aliphatic carboxylic acids is 1. The number of aliphatic hydroxyl groups excluding tert-OH is 1. The average molecular weight is 792 g/mol. The fourth-order valence-electron chi connectivity index (χ4n) is 8.38. The van der Waals surface area contributed by atoms with E-state index in [-0.39, 0.29) is 22.7 Å². The van der Waals surface area contributed by atoms with Crippen LogP contribution in [0.3, 0.4) is 0 Å². The number of β-amino-alcohol motifs (C(OH)–C–C–N with tert-alkyl or cyclic N) is 1. The van der Waals surface area contributed by atoms with E-state index in [9.17, 15) is 24.6 Å². The minimum atomic E-state index is -0.674. The number of aromatic nitrogens is 4. The van der Waals surface area contributed by atoms with Gasteiger partial charge in [0, 0.05) is 82.2 Å². The predicted octanol–water partition coefficient (Wildman–Crippen LogP) is 6.01. The second-order valence-corrected chi connectivity index (χ2v) is 16.0. The summed E-state index contributed by atoms with van der Waals surface area (Å²) in [7, 11) is 3.69. The van der Waals surface area contributed by atoms with Crippen LogP contribution in [-0.2, 0) is 44.8 Å². The number of nitrogens with zero attached hydrogens (tertiary/aromatic N) is 6. The van der Waals surface area contributed by atoms with E-state index in [1.807, 2.05) is 29.3 Å². The topological polar surface area (TPSA) is 158 Å². The largest absolute Gasteiger partial charge is 0.481 e. The molecule has 4 heterocycles. The molecule has 1 saturated carbocycles. The van der Waals surface area contributed by atoms with Crippen LogP contribution in [0, 0.1) is 11.8 Å². The predicted molar refractivity (Wildman–Crippen MR) is 212 cm³/mol. The lowest BCUT2D eigenvalue weighted by atomic mass is 9.80. The highest BCUT2D eigenvalue weighted by atomic mass is 35.5. The fourth-order valence-corrected chi connectivity index (χ4v) is 8.93. The summed E-state index contributed by atoms with van der Waals surface area (Å²) >= 11 is 13.9. The lowest BCUT2D eigenvalue weighted by Crippen LogP contribution is -2.36. The van der Waals surface area contributed by atoms with Crippen molar-refractivity contribution in [2.24, 2.45) is 25.9 Å². The number of halogens is 2. The number of carboxylic acids is 1. The Morgan fingerprint density at radius 3 is 1.78 bits per heavy atom. The molecule has 1 fully saturated rings. The van der Waals surface area contributed by atoms with Gasteiger partial charge in [-0.3, -0.25) is 24.2 Å². The molecule has 55 heavy (non-hydrogen) atoms. The number of carbonyl (C=O) groups is 3. The van der Waals surface area contributed by atoms with E-state index in [2.05, 4.69) is 25.4 Å². The number of aliphatic hydroxyl groups is 1. The van der Waals surface area contributed by atoms with Gasteiger partial charge in [-0.1, -0.05) is 47.5 Å². The van der Waals surface area contributed by atoms with Crippen molar-refractivity contribution in [2.75, 3.05) is 36.8 Å². The highest BCUT2D eigenvalue weighted by Gasteiger charge is 2.30. The number of anilines is 2. The van der Waals surface area contributed by atoms with Gasteiger partial charge in [-0.15, -0.1) is 0 Å². The van der Waals surface area contributed by atoms with Crippen LogP contribution in [0.2, 0.25) is 10.0 Å². The summed E-state index contributed by atoms with van der Waals surface area (Å²) in [4.78, 5) is 52.5. The fraction of sp³-hybridized carbons (Fsp3) is 0.475. The summed E-state index contributed by atoms with van der Waals surface area (Å²) in [6.45, 7) is 6.09. The molecule has 2 aromatic carbocycles. The minimum Gasteiger partial charge on any atom is -0.481 e. The van der Waals surface area contributed by atoms with Crippen molar-refractivity contribution in [1.29, 1.82) is 0 Å². The maximum absolute atomic E-state index is 13.7. The Morgan fingerprint density at radius 2 is 1.29 bits per heavy atom. The number of imidazole rings is 2. The first-order valence-electron chi connectivity index (χ1n) is 19.0. The number of hydrogen-bond acceptors (Lipinski definition) is 8. The van der Waals surface area contributed by atoms with Gasteiger partial charge < -0.3 is 30.0 Å². The normalized spacial score (nSPS) is 19.4. The van der Waals surface area contributed by atoms with Gasteiger partial charge in [0.25, 0.3) is 11.8 Å². The lowest BCUT2D eigenvalue weighted by molar-refractivity contribution is -0.143. The number of amides is 2. The third-order valence-electron chi connectivity index (χ3n) is 11.4. The smallest absolute Gasteiger partial charge is 0.306 e. The molecule has 292 valence electrons. The molecule has 1 unspecified atom stereocenters. The standard InChI is InChI=1S/C40H48Cl2N8O5/c1-23(51)20-50-19-16-33-31(22-50)44-37(48(33)3)39(53)46-29-9-5-7-27(35(29)42)26-6-4-8-28(34(26)41)45-38(52)36-43-30-21-49(18-15-32(30)47(36)2)17-14-24-10-12-25(13-11-24)40(54)55/h4-9,23-25,51H,10-22H2,1-3H3,(H,45,52)(H,46,53)(H,54,55)/t23?,24-,25-. The third-order valence-corrected chi connectivity index (χ3v) is 12.2. The second kappa shape index (κ2) is 16.4. The van der Waals surface area contributed by atoms with Crippen molar-refractivity contribution in [3.63, 3.8) is 0 Å². The molecule has 0 spiro atoms. The van der Waals surface area contributed by atoms with Crippen LogP contribution in [0.1, 0.15) is 83.0 Å². The zero-order chi connectivity index (χ0) is 39.0. The van der Waals surface area contributed by atoms with Crippen LogP contribution < -0.4 is 10.6 Å². The SMILES string of the molecule is CC(O)CN1CCc2c(nc(C(=O)Nc3cccc(-c4cccc(NC(=O)c5nc6c(n5C)CCN(CC[C@H]5CC[C@H](C(=O)O)CC5)C6)c4Cl)c3Cl)n2C)C1. The molecule has 0 radical (unpaired) electrons. The van der Waals surface area contributed by atoms with Gasteiger partial charge in [-0.05, 0) is 63.6 Å². The van der Waals surface area contributed by atoms with Gasteiger partial charge >= 0.3 is 5.97 Å². The van der Waals surface area contributed by atoms with Crippen molar-refractivity contribution in [3.05, 3.63) is 80.9 Å². The lowest BCUT2D eigenvalue weighted by Gasteiger charge is -2.30. The van der Waals surface area contributed by atoms with E-state index in [4.69, 9.17) is 28.2 Å². The summed E-state index contributed by atoms with van der Waals surface area (Å²) in [5, 5.41) is 25.6. The summed E-state index contributed by atoms with van der Waals surface area (Å²) in [5.74, 6) is -0.531. The van der Waals surface area contributed by atoms with E-state index in [0.29, 0.717) is 58.9 Å². The van der Waals surface area contributed by atoms with Crippen molar-refractivity contribution in [1.82, 2.24) is 28.9 Å². The summed E-state index contributed by atoms with van der Waals surface area (Å²) < 4.78 is 3.68. The summed E-state index contributed by atoms with van der Waals surface area (Å²) in [6.07, 6.45) is 5.53. The van der Waals surface area contributed by atoms with Crippen molar-refractivity contribution in [2.45, 2.75) is 71.1 Å². The minimum absolute atomic E-state index is 0.201. The number of hydrogen-bond donors (Lipinski definition) is 4. The molecule has 1 atom stereocenters. The van der Waals surface area contributed by atoms with Gasteiger partial charge in [-0.2, -0.15) is 0 Å². The molecule has 3 aliphatic rings. The van der Waals surface area contributed by atoms with E-state index in [1.54, 1.807) is 37.3 Å². The molecule has 4 N–H and O–H groups in total. The molecule has 7 rings (SSSR count). The maximum Gasteiger partial charge on any atom is 0.306 e. The quantitative estimate of drug-likeness (QED) is 0.143. The number of fused-ring (bicyclic) bond motifs is 2. The zero-order valence-electron chi connectivity index (χ0n) is 31.4. The monoisotopic (exact) mass is 790 g/mol. The van der Waals surface area contributed by atoms with Gasteiger partial charge in [-0.25, -0.2) is 9.97 Å². The van der Waals surface area contributed by atoms with Crippen LogP contribution in [0.15, 0.2) is 36.4 Å². The van der Waals surface area contributed by atoms with Gasteiger partial charge in [0.15, 0.2) is 11.6 Å². The molecular weight excluding hydrogens is 743 g/mol. The van der Waals surface area contributed by atoms with E-state index >= 15 is 0 Å². The number of carbonyl (C=O) groups excluding carboxylic acids is 2. The Labute approximate surface area is 330 Å². The number of nitrogens with one attached hydrogen (secondary N) is 2. The van der Waals surface area contributed by atoms with Gasteiger partial charge in [0.1, 0.15) is 0 Å². The molecule has 0 saturated heterocycles. The molecular formula is C40H48Cl2N8O5. The average Bonchev–Trinajstić information content (AvgIpc) is 3.67. The molecule has 2 amide bonds. The third kappa shape index (κ3) is 8.31. The highest BCUT2D eigenvalue weighted by molar-refractivity contribution is 6.40. The van der Waals surface area contributed by atoms with Crippen molar-refractivity contribution >= 4 is 52.4 Å². The second-order valence-electron chi connectivity index (χ2n) is 15.2. The number of benzene rings is 2. The van der Waals surface area contributed by atoms with Gasteiger partial charge in [0.2, 0.25) is 0 Å². The van der Waals surface area contributed by atoms with E-state index < -0.39 is 18.0 Å². The van der Waals surface area contributed by atoms with Crippen LogP contribution in [-0.4, -0.2) is 89.2 Å². The molecule has 13 nitrogen and oxygen atoms in total. The molecule has 4 aromatic rings. The first-order chi connectivity index (χ1) is 26.4. The van der Waals surface area contributed by atoms with Crippen LogP contribution in [0.4, 0.5) is 11.4 Å². The van der Waals surface area contributed by atoms with E-state index in [0.717, 1.165) is 87.4 Å². The Balaban J connectivity index is 1.01. The van der Waals surface area contributed by atoms with Crippen molar-refractivity contribution < 1.29 is 24.6 Å². The molecule has 2 aliphatic heterocycles. The van der Waals surface area contributed by atoms with Crippen LogP contribution >= 0.6 is 23.2 Å². The Bertz CT molecular complexity index is 2100. The summed E-state index contributed by atoms with van der Waals surface area (Å²) in [5.41, 5.74) is 5.70. The number of rotatable bonds is 11. The van der Waals surface area contributed by atoms with Gasteiger partial charge in [0.05, 0.1) is 44.8 Å². The first kappa shape index (κ1) is 39.0.